The van der Waals surface area contributed by atoms with Gasteiger partial charge in [-0.15, -0.1) is 0 Å². The van der Waals surface area contributed by atoms with E-state index in [9.17, 15) is 9.59 Å². The first-order chi connectivity index (χ1) is 12.3. The molecule has 0 aliphatic rings. The SMILES string of the molecule is COC(=O)c1ccc(N(OCc2ccccc2)C(=O)OC(C)(C)C)cc1. The van der Waals surface area contributed by atoms with Crippen molar-refractivity contribution in [1.82, 2.24) is 0 Å². The molecule has 0 aliphatic heterocycles. The van der Waals surface area contributed by atoms with Gasteiger partial charge in [-0.3, -0.25) is 4.84 Å². The summed E-state index contributed by atoms with van der Waals surface area (Å²) >= 11 is 0. The van der Waals surface area contributed by atoms with Crippen molar-refractivity contribution in [3.05, 3.63) is 65.7 Å². The van der Waals surface area contributed by atoms with Crippen molar-refractivity contribution in [1.29, 1.82) is 0 Å². The second-order valence-electron chi connectivity index (χ2n) is 6.57. The van der Waals surface area contributed by atoms with Crippen molar-refractivity contribution in [2.45, 2.75) is 33.0 Å². The molecule has 2 aromatic rings. The van der Waals surface area contributed by atoms with Crippen LogP contribution < -0.4 is 5.06 Å². The molecule has 0 spiro atoms. The Morgan fingerprint density at radius 2 is 1.58 bits per heavy atom. The highest BCUT2D eigenvalue weighted by molar-refractivity contribution is 5.91. The Balaban J connectivity index is 2.21. The number of anilines is 1. The first-order valence-electron chi connectivity index (χ1n) is 8.18. The number of rotatable bonds is 5. The topological polar surface area (TPSA) is 65.1 Å². The van der Waals surface area contributed by atoms with Crippen LogP contribution in [0.15, 0.2) is 54.6 Å². The van der Waals surface area contributed by atoms with Crippen LogP contribution in [0, 0.1) is 0 Å². The molecular formula is C20H23NO5. The average molecular weight is 357 g/mol. The van der Waals surface area contributed by atoms with Gasteiger partial charge >= 0.3 is 12.1 Å². The lowest BCUT2D eigenvalue weighted by atomic mass is 10.2. The quantitative estimate of drug-likeness (QED) is 0.588. The lowest BCUT2D eigenvalue weighted by Gasteiger charge is -2.26. The standard InChI is InChI=1S/C20H23NO5/c1-20(2,3)26-19(23)21(25-14-15-8-6-5-7-9-15)17-12-10-16(11-13-17)18(22)24-4/h5-13H,14H2,1-4H3. The zero-order chi connectivity index (χ0) is 19.2. The number of ether oxygens (including phenoxy) is 2. The molecule has 6 nitrogen and oxygen atoms in total. The van der Waals surface area contributed by atoms with E-state index in [0.717, 1.165) is 10.6 Å². The minimum Gasteiger partial charge on any atom is -0.465 e. The van der Waals surface area contributed by atoms with Crippen LogP contribution in [-0.2, 0) is 20.9 Å². The van der Waals surface area contributed by atoms with E-state index in [1.807, 2.05) is 30.3 Å². The fraction of sp³-hybridized carbons (Fsp3) is 0.300. The Labute approximate surface area is 153 Å². The van der Waals surface area contributed by atoms with E-state index in [-0.39, 0.29) is 6.61 Å². The molecule has 0 saturated heterocycles. The molecular weight excluding hydrogens is 334 g/mol. The fourth-order valence-electron chi connectivity index (χ4n) is 2.10. The molecule has 2 rings (SSSR count). The predicted molar refractivity (Wildman–Crippen MR) is 97.7 cm³/mol. The molecule has 0 saturated carbocycles. The first kappa shape index (κ1) is 19.5. The number of hydrogen-bond acceptors (Lipinski definition) is 5. The third-order valence-corrected chi connectivity index (χ3v) is 3.29. The monoisotopic (exact) mass is 357 g/mol. The summed E-state index contributed by atoms with van der Waals surface area (Å²) in [6, 6.07) is 15.8. The van der Waals surface area contributed by atoms with Crippen LogP contribution in [0.2, 0.25) is 0 Å². The third kappa shape index (κ3) is 5.60. The van der Waals surface area contributed by atoms with Gasteiger partial charge in [0.15, 0.2) is 0 Å². The van der Waals surface area contributed by atoms with Gasteiger partial charge in [0.05, 0.1) is 18.4 Å². The normalized spacial score (nSPS) is 10.9. The molecule has 0 N–H and O–H groups in total. The van der Waals surface area contributed by atoms with E-state index in [0.29, 0.717) is 11.3 Å². The number of carbonyl (C=O) groups excluding carboxylic acids is 2. The molecule has 0 unspecified atom stereocenters. The van der Waals surface area contributed by atoms with Gasteiger partial charge in [0, 0.05) is 0 Å². The van der Waals surface area contributed by atoms with Crippen LogP contribution in [0.4, 0.5) is 10.5 Å². The van der Waals surface area contributed by atoms with Gasteiger partial charge in [0.1, 0.15) is 12.2 Å². The summed E-state index contributed by atoms with van der Waals surface area (Å²) in [5.41, 5.74) is 1.07. The molecule has 2 aromatic carbocycles. The van der Waals surface area contributed by atoms with Crippen LogP contribution in [0.25, 0.3) is 0 Å². The fourth-order valence-corrected chi connectivity index (χ4v) is 2.10. The molecule has 0 atom stereocenters. The van der Waals surface area contributed by atoms with Crippen molar-refractivity contribution < 1.29 is 23.9 Å². The smallest absolute Gasteiger partial charge is 0.439 e. The lowest BCUT2D eigenvalue weighted by Crippen LogP contribution is -2.37. The predicted octanol–water partition coefficient (Wildman–Crippen LogP) is 4.35. The van der Waals surface area contributed by atoms with E-state index in [4.69, 9.17) is 9.57 Å². The number of hydrogen-bond donors (Lipinski definition) is 0. The van der Waals surface area contributed by atoms with Crippen molar-refractivity contribution in [2.24, 2.45) is 0 Å². The Morgan fingerprint density at radius 1 is 0.962 bits per heavy atom. The Morgan fingerprint density at radius 3 is 2.12 bits per heavy atom. The van der Waals surface area contributed by atoms with Crippen LogP contribution in [0.3, 0.4) is 0 Å². The highest BCUT2D eigenvalue weighted by Gasteiger charge is 2.25. The number of nitrogens with zero attached hydrogens (tertiary/aromatic N) is 1. The third-order valence-electron chi connectivity index (χ3n) is 3.29. The number of carbonyl (C=O) groups is 2. The van der Waals surface area contributed by atoms with Crippen LogP contribution in [0.1, 0.15) is 36.7 Å². The van der Waals surface area contributed by atoms with Crippen molar-refractivity contribution in [3.63, 3.8) is 0 Å². The molecule has 0 heterocycles. The molecule has 26 heavy (non-hydrogen) atoms. The first-order valence-corrected chi connectivity index (χ1v) is 8.18. The van der Waals surface area contributed by atoms with E-state index >= 15 is 0 Å². The maximum absolute atomic E-state index is 12.5. The molecule has 0 fully saturated rings. The van der Waals surface area contributed by atoms with Crippen LogP contribution in [0.5, 0.6) is 0 Å². The van der Waals surface area contributed by atoms with Crippen LogP contribution >= 0.6 is 0 Å². The Kier molecular flexibility index (Phi) is 6.36. The highest BCUT2D eigenvalue weighted by Crippen LogP contribution is 2.21. The lowest BCUT2D eigenvalue weighted by molar-refractivity contribution is 0.0190. The van der Waals surface area contributed by atoms with Crippen molar-refractivity contribution in [3.8, 4) is 0 Å². The summed E-state index contributed by atoms with van der Waals surface area (Å²) in [7, 11) is 1.31. The summed E-state index contributed by atoms with van der Waals surface area (Å²) in [4.78, 5) is 29.8. The molecule has 6 heteroatoms. The summed E-state index contributed by atoms with van der Waals surface area (Å²) in [5, 5.41) is 1.08. The minimum atomic E-state index is -0.669. The maximum Gasteiger partial charge on any atom is 0.439 e. The number of amides is 1. The number of methoxy groups -OCH3 is 1. The van der Waals surface area contributed by atoms with Gasteiger partial charge in [0.25, 0.3) is 0 Å². The second kappa shape index (κ2) is 8.49. The minimum absolute atomic E-state index is 0.193. The molecule has 1 amide bonds. The van der Waals surface area contributed by atoms with Gasteiger partial charge in [0.2, 0.25) is 0 Å². The van der Waals surface area contributed by atoms with Crippen LogP contribution in [-0.4, -0.2) is 24.8 Å². The molecule has 0 aromatic heterocycles. The van der Waals surface area contributed by atoms with Gasteiger partial charge in [-0.1, -0.05) is 30.3 Å². The number of esters is 1. The van der Waals surface area contributed by atoms with Crippen molar-refractivity contribution >= 4 is 17.7 Å². The summed E-state index contributed by atoms with van der Waals surface area (Å²) in [6.45, 7) is 5.53. The van der Waals surface area contributed by atoms with Gasteiger partial charge in [-0.25, -0.2) is 9.59 Å². The zero-order valence-corrected chi connectivity index (χ0v) is 15.4. The summed E-state index contributed by atoms with van der Waals surface area (Å²) < 4.78 is 10.1. The molecule has 0 radical (unpaired) electrons. The average Bonchev–Trinajstić information content (AvgIpc) is 2.61. The van der Waals surface area contributed by atoms with E-state index in [1.54, 1.807) is 45.0 Å². The molecule has 0 bridgehead atoms. The number of benzene rings is 2. The zero-order valence-electron chi connectivity index (χ0n) is 15.4. The van der Waals surface area contributed by atoms with Gasteiger partial charge < -0.3 is 9.47 Å². The maximum atomic E-state index is 12.5. The summed E-state index contributed by atoms with van der Waals surface area (Å²) in [6.07, 6.45) is -0.640. The van der Waals surface area contributed by atoms with E-state index < -0.39 is 17.7 Å². The molecule has 0 aliphatic carbocycles. The molecule has 138 valence electrons. The Bertz CT molecular complexity index is 735. The van der Waals surface area contributed by atoms with Crippen molar-refractivity contribution in [2.75, 3.05) is 12.2 Å². The highest BCUT2D eigenvalue weighted by atomic mass is 16.7. The van der Waals surface area contributed by atoms with Gasteiger partial charge in [-0.05, 0) is 50.6 Å². The second-order valence-corrected chi connectivity index (χ2v) is 6.57. The Hall–Kier alpha value is -2.86. The van der Waals surface area contributed by atoms with Gasteiger partial charge in [-0.2, -0.15) is 5.06 Å². The number of hydroxylamine groups is 1. The van der Waals surface area contributed by atoms with E-state index in [1.165, 1.54) is 7.11 Å². The summed E-state index contributed by atoms with van der Waals surface area (Å²) in [5.74, 6) is -0.453. The van der Waals surface area contributed by atoms with E-state index in [2.05, 4.69) is 4.74 Å². The largest absolute Gasteiger partial charge is 0.465 e.